The second-order valence-corrected chi connectivity index (χ2v) is 6.54. The molecule has 1 N–H and O–H groups in total. The number of amides is 2. The van der Waals surface area contributed by atoms with Crippen LogP contribution < -0.4 is 14.8 Å². The van der Waals surface area contributed by atoms with Crippen LogP contribution in [0.2, 0.25) is 0 Å². The highest BCUT2D eigenvalue weighted by Crippen LogP contribution is 2.41. The van der Waals surface area contributed by atoms with Gasteiger partial charge in [-0.1, -0.05) is 12.1 Å². The van der Waals surface area contributed by atoms with Crippen LogP contribution in [0, 0.1) is 0 Å². The van der Waals surface area contributed by atoms with Gasteiger partial charge >= 0.3 is 12.3 Å². The number of hydrogen-bond acceptors (Lipinski definition) is 6. The molecule has 3 aliphatic heterocycles. The Morgan fingerprint density at radius 3 is 2.82 bits per heavy atom. The highest BCUT2D eigenvalue weighted by Gasteiger charge is 2.43. The number of piperazine rings is 1. The van der Waals surface area contributed by atoms with Crippen LogP contribution in [0.1, 0.15) is 6.99 Å². The van der Waals surface area contributed by atoms with Crippen molar-refractivity contribution in [3.8, 4) is 11.5 Å². The molecule has 3 heterocycles. The van der Waals surface area contributed by atoms with E-state index in [1.807, 2.05) is 6.08 Å². The van der Waals surface area contributed by atoms with Gasteiger partial charge < -0.3 is 14.4 Å². The zero-order valence-electron chi connectivity index (χ0n) is 15.0. The molecule has 150 valence electrons. The van der Waals surface area contributed by atoms with Crippen molar-refractivity contribution in [3.05, 3.63) is 35.9 Å². The minimum absolute atomic E-state index is 0. The van der Waals surface area contributed by atoms with E-state index >= 15 is 0 Å². The summed E-state index contributed by atoms with van der Waals surface area (Å²) in [6.07, 6.45) is 1.36. The fourth-order valence-electron chi connectivity index (χ4n) is 3.14. The molecular formula is C18H21F2N5O3. The minimum Gasteiger partial charge on any atom is -0.395 e. The Balaban J connectivity index is 0.00000240. The van der Waals surface area contributed by atoms with Crippen LogP contribution in [0.5, 0.6) is 11.5 Å². The summed E-state index contributed by atoms with van der Waals surface area (Å²) in [6.45, 7) is 3.56. The van der Waals surface area contributed by atoms with Gasteiger partial charge in [-0.05, 0) is 23.8 Å². The molecule has 8 nitrogen and oxygen atoms in total. The number of nitrogens with one attached hydrogen (secondary N) is 1. The van der Waals surface area contributed by atoms with Gasteiger partial charge in [0, 0.05) is 34.2 Å². The lowest BCUT2D eigenvalue weighted by Crippen LogP contribution is -2.52. The van der Waals surface area contributed by atoms with E-state index in [-0.39, 0.29) is 19.0 Å². The number of carbonyl (C=O) groups is 1. The summed E-state index contributed by atoms with van der Waals surface area (Å²) in [4.78, 5) is 24.3. The number of aliphatic imine (C=N–C) groups is 2. The Labute approximate surface area is 161 Å². The Kier molecular flexibility index (Phi) is 4.95. The van der Waals surface area contributed by atoms with E-state index in [2.05, 4.69) is 29.7 Å². The van der Waals surface area contributed by atoms with Crippen LogP contribution in [0.25, 0.3) is 0 Å². The molecule has 3 aliphatic rings. The lowest BCUT2D eigenvalue weighted by atomic mass is 10.1. The normalized spacial score (nSPS) is 20.6. The van der Waals surface area contributed by atoms with Crippen LogP contribution in [0.3, 0.4) is 0 Å². The zero-order chi connectivity index (χ0) is 19.6. The fourth-order valence-corrected chi connectivity index (χ4v) is 3.14. The fraction of sp³-hybridized carbons (Fsp3) is 0.389. The van der Waals surface area contributed by atoms with E-state index < -0.39 is 6.29 Å². The third kappa shape index (κ3) is 4.28. The molecule has 28 heavy (non-hydrogen) atoms. The molecule has 4 rings (SSSR count). The van der Waals surface area contributed by atoms with E-state index in [0.29, 0.717) is 45.1 Å². The van der Waals surface area contributed by atoms with Crippen molar-refractivity contribution in [2.45, 2.75) is 12.8 Å². The molecular weight excluding hydrogens is 372 g/mol. The van der Waals surface area contributed by atoms with Crippen molar-refractivity contribution >= 4 is 18.2 Å². The Morgan fingerprint density at radius 1 is 1.21 bits per heavy atom. The molecule has 1 aromatic carbocycles. The predicted molar refractivity (Wildman–Crippen MR) is 100 cm³/mol. The molecule has 0 bridgehead atoms. The molecule has 0 spiro atoms. The maximum atomic E-state index is 13.1. The molecule has 0 radical (unpaired) electrons. The Bertz CT molecular complexity index is 854. The van der Waals surface area contributed by atoms with Crippen LogP contribution in [0.15, 0.2) is 40.3 Å². The van der Waals surface area contributed by atoms with Gasteiger partial charge in [0.2, 0.25) is 0 Å². The SMILES string of the molecule is O=C(NC1=NC=NCC=C1)N1CCN(Cc2ccc3c(c2)OC(F)(F)O3)CC1.[HH]. The van der Waals surface area contributed by atoms with Gasteiger partial charge in [0.1, 0.15) is 12.2 Å². The van der Waals surface area contributed by atoms with Crippen LogP contribution in [0.4, 0.5) is 13.6 Å². The first-order valence-corrected chi connectivity index (χ1v) is 8.88. The van der Waals surface area contributed by atoms with Crippen LogP contribution in [-0.4, -0.2) is 67.0 Å². The first-order chi connectivity index (χ1) is 13.5. The third-order valence-corrected chi connectivity index (χ3v) is 4.53. The quantitative estimate of drug-likeness (QED) is 0.835. The van der Waals surface area contributed by atoms with E-state index in [0.717, 1.165) is 5.56 Å². The summed E-state index contributed by atoms with van der Waals surface area (Å²) in [5, 5.41) is 2.77. The van der Waals surface area contributed by atoms with Crippen molar-refractivity contribution in [2.24, 2.45) is 9.98 Å². The van der Waals surface area contributed by atoms with E-state index in [1.54, 1.807) is 23.1 Å². The molecule has 0 atom stereocenters. The number of urea groups is 1. The summed E-state index contributed by atoms with van der Waals surface area (Å²) in [5.41, 5.74) is 0.843. The molecule has 2 amide bonds. The first-order valence-electron chi connectivity index (χ1n) is 8.88. The van der Waals surface area contributed by atoms with Gasteiger partial charge in [0.25, 0.3) is 0 Å². The van der Waals surface area contributed by atoms with Crippen molar-refractivity contribution in [2.75, 3.05) is 32.7 Å². The van der Waals surface area contributed by atoms with Gasteiger partial charge in [0.05, 0.1) is 6.54 Å². The number of nitrogens with zero attached hydrogens (tertiary/aromatic N) is 4. The number of alkyl halides is 2. The smallest absolute Gasteiger partial charge is 0.395 e. The van der Waals surface area contributed by atoms with Gasteiger partial charge in [0.15, 0.2) is 11.5 Å². The minimum atomic E-state index is -3.61. The zero-order valence-corrected chi connectivity index (χ0v) is 15.0. The van der Waals surface area contributed by atoms with Gasteiger partial charge in [-0.25, -0.2) is 9.79 Å². The Hall–Kier alpha value is -3.01. The van der Waals surface area contributed by atoms with Crippen molar-refractivity contribution in [3.63, 3.8) is 0 Å². The van der Waals surface area contributed by atoms with Crippen molar-refractivity contribution in [1.82, 2.24) is 15.1 Å². The summed E-state index contributed by atoms with van der Waals surface area (Å²) in [5.74, 6) is 0.544. The molecule has 0 saturated carbocycles. The number of amidine groups is 1. The second kappa shape index (κ2) is 7.55. The number of halogens is 2. The molecule has 1 saturated heterocycles. The van der Waals surface area contributed by atoms with E-state index in [9.17, 15) is 13.6 Å². The highest BCUT2D eigenvalue weighted by atomic mass is 19.3. The monoisotopic (exact) mass is 393 g/mol. The molecule has 10 heteroatoms. The van der Waals surface area contributed by atoms with E-state index in [1.165, 1.54) is 12.4 Å². The third-order valence-electron chi connectivity index (χ3n) is 4.53. The number of fused-ring (bicyclic) bond motifs is 1. The largest absolute Gasteiger partial charge is 0.586 e. The lowest BCUT2D eigenvalue weighted by Gasteiger charge is -2.34. The summed E-state index contributed by atoms with van der Waals surface area (Å²) in [7, 11) is 0. The number of ether oxygens (including phenoxy) is 2. The van der Waals surface area contributed by atoms with Crippen LogP contribution in [-0.2, 0) is 6.54 Å². The van der Waals surface area contributed by atoms with Gasteiger partial charge in [-0.2, -0.15) is 0 Å². The summed E-state index contributed by atoms with van der Waals surface area (Å²) >= 11 is 0. The van der Waals surface area contributed by atoms with Crippen LogP contribution >= 0.6 is 0 Å². The molecule has 0 aliphatic carbocycles. The molecule has 1 fully saturated rings. The van der Waals surface area contributed by atoms with Crippen molar-refractivity contribution in [1.29, 1.82) is 0 Å². The highest BCUT2D eigenvalue weighted by molar-refractivity contribution is 6.06. The van der Waals surface area contributed by atoms with Gasteiger partial charge in [-0.15, -0.1) is 8.78 Å². The predicted octanol–water partition coefficient (Wildman–Crippen LogP) is 2.08. The van der Waals surface area contributed by atoms with Gasteiger partial charge in [-0.3, -0.25) is 15.2 Å². The molecule has 0 aromatic heterocycles. The summed E-state index contributed by atoms with van der Waals surface area (Å²) in [6, 6.07) is 4.58. The maximum absolute atomic E-state index is 13.1. The number of rotatable bonds is 2. The molecule has 1 aromatic rings. The number of benzene rings is 1. The Morgan fingerprint density at radius 2 is 2.00 bits per heavy atom. The van der Waals surface area contributed by atoms with E-state index in [4.69, 9.17) is 0 Å². The topological polar surface area (TPSA) is 78.8 Å². The summed E-state index contributed by atoms with van der Waals surface area (Å²) < 4.78 is 35.1. The average Bonchev–Trinajstić information content (AvgIpc) is 2.81. The molecule has 0 unspecified atom stereocenters. The first kappa shape index (κ1) is 18.4. The number of hydrogen-bond donors (Lipinski definition) is 1. The second-order valence-electron chi connectivity index (χ2n) is 6.54. The maximum Gasteiger partial charge on any atom is 0.586 e. The van der Waals surface area contributed by atoms with Crippen molar-refractivity contribution < 1.29 is 24.5 Å². The average molecular weight is 393 g/mol. The number of carbonyl (C=O) groups excluding carboxylic acids is 1. The standard InChI is InChI=1S/C18H19F2N5O3.H2/c19-18(20)27-14-4-3-13(10-15(14)28-18)11-24-6-8-25(9-7-24)17(26)23-16-2-1-5-21-12-22-16;/h1-4,10,12H,5-9,11H2,(H,21,22,23,26);1H. The lowest BCUT2D eigenvalue weighted by molar-refractivity contribution is -0.286.